The Labute approximate surface area is 153 Å². The molecular weight excluding hydrogens is 365 g/mol. The van der Waals surface area contributed by atoms with Crippen LogP contribution in [-0.2, 0) is 0 Å². The second-order valence-corrected chi connectivity index (χ2v) is 6.87. The Morgan fingerprint density at radius 1 is 1.04 bits per heavy atom. The Bertz CT molecular complexity index is 750. The van der Waals surface area contributed by atoms with Gasteiger partial charge in [0.25, 0.3) is 0 Å². The Morgan fingerprint density at radius 3 is 2.36 bits per heavy atom. The molecule has 0 saturated heterocycles. The number of benzene rings is 2. The predicted molar refractivity (Wildman–Crippen MR) is 101 cm³/mol. The molecule has 0 radical (unpaired) electrons. The summed E-state index contributed by atoms with van der Waals surface area (Å²) in [6.07, 6.45) is -4.95. The van der Waals surface area contributed by atoms with Crippen molar-refractivity contribution >= 4 is 33.5 Å². The maximum Gasteiger partial charge on any atom is 0.390 e. The maximum absolute atomic E-state index is 12.1. The lowest BCUT2D eigenvalue weighted by molar-refractivity contribution is -0.132. The van der Waals surface area contributed by atoms with Gasteiger partial charge in [-0.05, 0) is 36.2 Å². The van der Waals surface area contributed by atoms with E-state index in [0.717, 1.165) is 25.7 Å². The Morgan fingerprint density at radius 2 is 1.72 bits per heavy atom. The van der Waals surface area contributed by atoms with Crippen molar-refractivity contribution in [2.75, 3.05) is 6.54 Å². The van der Waals surface area contributed by atoms with E-state index in [-0.39, 0.29) is 6.54 Å². The molecule has 0 spiro atoms. The minimum atomic E-state index is -4.12. The number of rotatable bonds is 5. The smallest absolute Gasteiger partial charge is 0.260 e. The number of hydrogen-bond acceptors (Lipinski definition) is 4. The van der Waals surface area contributed by atoms with Crippen LogP contribution in [0, 0.1) is 0 Å². The molecule has 0 atom stereocenters. The van der Waals surface area contributed by atoms with Gasteiger partial charge in [-0.3, -0.25) is 4.72 Å². The second kappa shape index (κ2) is 9.22. The summed E-state index contributed by atoms with van der Waals surface area (Å²) in [6.45, 7) is 3.90. The van der Waals surface area contributed by atoms with Gasteiger partial charge < -0.3 is 0 Å². The fourth-order valence-electron chi connectivity index (χ4n) is 1.99. The third-order valence-corrected chi connectivity index (χ3v) is 5.04. The van der Waals surface area contributed by atoms with Crippen LogP contribution in [0.1, 0.15) is 20.3 Å². The first-order valence-corrected chi connectivity index (χ1v) is 9.57. The first kappa shape index (κ1) is 19.8. The summed E-state index contributed by atoms with van der Waals surface area (Å²) >= 11 is 2.82. The molecule has 0 aliphatic rings. The SMILES string of the molecule is CC.FC(F)(F)CCNSc1ccc(-c2nc3ccccc3s2)cc1. The third-order valence-electron chi connectivity index (χ3n) is 3.10. The molecule has 2 nitrogen and oxygen atoms in total. The van der Waals surface area contributed by atoms with E-state index in [9.17, 15) is 13.2 Å². The molecule has 2 aromatic carbocycles. The van der Waals surface area contributed by atoms with Gasteiger partial charge in [0.2, 0.25) is 0 Å². The van der Waals surface area contributed by atoms with Gasteiger partial charge in [0.15, 0.2) is 0 Å². The van der Waals surface area contributed by atoms with Gasteiger partial charge in [-0.1, -0.05) is 38.1 Å². The lowest BCUT2D eigenvalue weighted by Gasteiger charge is -2.07. The molecule has 0 unspecified atom stereocenters. The zero-order valence-electron chi connectivity index (χ0n) is 13.9. The number of halogens is 3. The second-order valence-electron chi connectivity index (χ2n) is 4.87. The molecule has 0 saturated carbocycles. The molecule has 0 fully saturated rings. The van der Waals surface area contributed by atoms with Crippen molar-refractivity contribution in [3.63, 3.8) is 0 Å². The highest BCUT2D eigenvalue weighted by atomic mass is 32.2. The highest BCUT2D eigenvalue weighted by molar-refractivity contribution is 7.97. The van der Waals surface area contributed by atoms with E-state index in [1.165, 1.54) is 11.9 Å². The van der Waals surface area contributed by atoms with E-state index in [2.05, 4.69) is 9.71 Å². The molecule has 1 N–H and O–H groups in total. The van der Waals surface area contributed by atoms with Crippen molar-refractivity contribution < 1.29 is 13.2 Å². The largest absolute Gasteiger partial charge is 0.390 e. The molecule has 0 aliphatic heterocycles. The maximum atomic E-state index is 12.1. The molecule has 0 aliphatic carbocycles. The highest BCUT2D eigenvalue weighted by Crippen LogP contribution is 2.31. The minimum Gasteiger partial charge on any atom is -0.260 e. The number of hydrogen-bond donors (Lipinski definition) is 1. The number of aromatic nitrogens is 1. The monoisotopic (exact) mass is 384 g/mol. The van der Waals surface area contributed by atoms with Gasteiger partial charge in [0.05, 0.1) is 16.6 Å². The lowest BCUT2D eigenvalue weighted by Crippen LogP contribution is -2.16. The van der Waals surface area contributed by atoms with Gasteiger partial charge in [-0.15, -0.1) is 11.3 Å². The molecule has 1 heterocycles. The summed E-state index contributed by atoms with van der Waals surface area (Å²) in [6, 6.07) is 15.6. The quantitative estimate of drug-likeness (QED) is 0.399. The minimum absolute atomic E-state index is 0.103. The van der Waals surface area contributed by atoms with Crippen LogP contribution in [0.4, 0.5) is 13.2 Å². The van der Waals surface area contributed by atoms with Crippen molar-refractivity contribution in [1.29, 1.82) is 0 Å². The van der Waals surface area contributed by atoms with Crippen LogP contribution in [-0.4, -0.2) is 17.7 Å². The van der Waals surface area contributed by atoms with Crippen LogP contribution in [0.3, 0.4) is 0 Å². The number of thiazole rings is 1. The molecule has 0 bridgehead atoms. The molecule has 0 amide bonds. The normalized spacial score (nSPS) is 11.2. The van der Waals surface area contributed by atoms with Gasteiger partial charge >= 0.3 is 6.18 Å². The van der Waals surface area contributed by atoms with Crippen LogP contribution < -0.4 is 4.72 Å². The van der Waals surface area contributed by atoms with Crippen LogP contribution in [0.25, 0.3) is 20.8 Å². The Balaban J connectivity index is 0.00000109. The fourth-order valence-corrected chi connectivity index (χ4v) is 3.60. The number of nitrogens with one attached hydrogen (secondary N) is 1. The fraction of sp³-hybridized carbons (Fsp3) is 0.278. The van der Waals surface area contributed by atoms with Crippen LogP contribution in [0.2, 0.25) is 0 Å². The first-order chi connectivity index (χ1) is 12.0. The van der Waals surface area contributed by atoms with Gasteiger partial charge in [-0.2, -0.15) is 13.2 Å². The number of fused-ring (bicyclic) bond motifs is 1. The highest BCUT2D eigenvalue weighted by Gasteiger charge is 2.25. The van der Waals surface area contributed by atoms with E-state index in [1.807, 2.05) is 62.4 Å². The molecule has 3 aromatic rings. The Hall–Kier alpha value is -1.57. The van der Waals surface area contributed by atoms with E-state index in [0.29, 0.717) is 0 Å². The van der Waals surface area contributed by atoms with E-state index in [4.69, 9.17) is 0 Å². The van der Waals surface area contributed by atoms with Crippen molar-refractivity contribution in [2.45, 2.75) is 31.3 Å². The van der Waals surface area contributed by atoms with E-state index in [1.54, 1.807) is 11.3 Å². The van der Waals surface area contributed by atoms with Crippen molar-refractivity contribution in [2.24, 2.45) is 0 Å². The lowest BCUT2D eigenvalue weighted by atomic mass is 10.2. The van der Waals surface area contributed by atoms with Gasteiger partial charge in [0, 0.05) is 17.0 Å². The van der Waals surface area contributed by atoms with Crippen LogP contribution in [0.15, 0.2) is 53.4 Å². The number of para-hydroxylation sites is 1. The molecule has 3 rings (SSSR count). The summed E-state index contributed by atoms with van der Waals surface area (Å²) in [5, 5.41) is 0.938. The summed E-state index contributed by atoms with van der Waals surface area (Å²) in [5.41, 5.74) is 1.98. The van der Waals surface area contributed by atoms with E-state index < -0.39 is 12.6 Å². The number of nitrogens with zero attached hydrogens (tertiary/aromatic N) is 1. The third kappa shape index (κ3) is 6.02. The molecule has 25 heavy (non-hydrogen) atoms. The molecule has 134 valence electrons. The predicted octanol–water partition coefficient (Wildman–Crippen LogP) is 6.54. The van der Waals surface area contributed by atoms with Crippen molar-refractivity contribution in [3.05, 3.63) is 48.5 Å². The molecule has 1 aromatic heterocycles. The molecular formula is C18H19F3N2S2. The average molecular weight is 384 g/mol. The molecule has 7 heteroatoms. The van der Waals surface area contributed by atoms with E-state index >= 15 is 0 Å². The summed E-state index contributed by atoms with van der Waals surface area (Å²) in [7, 11) is 0. The van der Waals surface area contributed by atoms with Crippen LogP contribution >= 0.6 is 23.3 Å². The van der Waals surface area contributed by atoms with Gasteiger partial charge in [-0.25, -0.2) is 4.98 Å². The topological polar surface area (TPSA) is 24.9 Å². The van der Waals surface area contributed by atoms with Gasteiger partial charge in [0.1, 0.15) is 5.01 Å². The summed E-state index contributed by atoms with van der Waals surface area (Å²) in [5.74, 6) is 0. The Kier molecular flexibility index (Phi) is 7.28. The summed E-state index contributed by atoms with van der Waals surface area (Å²) in [4.78, 5) is 5.46. The zero-order chi connectivity index (χ0) is 18.3. The standard InChI is InChI=1S/C16H13F3N2S2.C2H6/c17-16(18,19)9-10-20-23-12-7-5-11(6-8-12)15-21-13-3-1-2-4-14(13)22-15;1-2/h1-8,20H,9-10H2;1-2H3. The zero-order valence-corrected chi connectivity index (χ0v) is 15.6. The average Bonchev–Trinajstić information content (AvgIpc) is 3.04. The number of alkyl halides is 3. The first-order valence-electron chi connectivity index (χ1n) is 7.94. The van der Waals surface area contributed by atoms with Crippen LogP contribution in [0.5, 0.6) is 0 Å². The van der Waals surface area contributed by atoms with Crippen molar-refractivity contribution in [3.8, 4) is 10.6 Å². The summed E-state index contributed by atoms with van der Waals surface area (Å²) < 4.78 is 40.0. The van der Waals surface area contributed by atoms with Crippen molar-refractivity contribution in [1.82, 2.24) is 9.71 Å².